The van der Waals surface area contributed by atoms with E-state index in [2.05, 4.69) is 57.4 Å². The molecule has 2 aromatic rings. The SMILES string of the molecule is CC(C)C(NC(=O)Cn1ncc(N[C@@H]2C[C@@H]3C[C@H]([C@H]2C)C3(C)C)c(Br)c1=O)c1ccncc1. The van der Waals surface area contributed by atoms with Crippen molar-refractivity contribution in [2.75, 3.05) is 5.32 Å². The van der Waals surface area contributed by atoms with E-state index in [0.717, 1.165) is 17.9 Å². The molecule has 0 saturated heterocycles. The fourth-order valence-electron chi connectivity index (χ4n) is 5.78. The largest absolute Gasteiger partial charge is 0.380 e. The zero-order valence-corrected chi connectivity index (χ0v) is 21.6. The first-order valence-electron chi connectivity index (χ1n) is 11.8. The third-order valence-corrected chi connectivity index (χ3v) is 8.79. The topological polar surface area (TPSA) is 88.9 Å². The Kier molecular flexibility index (Phi) is 6.67. The van der Waals surface area contributed by atoms with E-state index in [9.17, 15) is 9.59 Å². The number of rotatable bonds is 7. The van der Waals surface area contributed by atoms with E-state index in [0.29, 0.717) is 33.5 Å². The minimum atomic E-state index is -0.311. The lowest BCUT2D eigenvalue weighted by molar-refractivity contribution is -0.123. The summed E-state index contributed by atoms with van der Waals surface area (Å²) < 4.78 is 1.63. The van der Waals surface area contributed by atoms with Crippen molar-refractivity contribution in [1.29, 1.82) is 0 Å². The van der Waals surface area contributed by atoms with Gasteiger partial charge >= 0.3 is 0 Å². The number of anilines is 1. The summed E-state index contributed by atoms with van der Waals surface area (Å²) in [6, 6.07) is 3.95. The van der Waals surface area contributed by atoms with Gasteiger partial charge in [-0.1, -0.05) is 34.6 Å². The highest BCUT2D eigenvalue weighted by molar-refractivity contribution is 9.10. The number of amides is 1. The molecule has 2 heterocycles. The molecule has 5 atom stereocenters. The van der Waals surface area contributed by atoms with Crippen molar-refractivity contribution in [2.24, 2.45) is 29.1 Å². The normalized spacial score (nSPS) is 26.4. The van der Waals surface area contributed by atoms with Crippen LogP contribution in [-0.4, -0.2) is 26.7 Å². The van der Waals surface area contributed by atoms with Gasteiger partial charge in [-0.05, 0) is 75.6 Å². The van der Waals surface area contributed by atoms with Crippen LogP contribution in [0, 0.1) is 29.1 Å². The van der Waals surface area contributed by atoms with Crippen LogP contribution in [0.4, 0.5) is 5.69 Å². The van der Waals surface area contributed by atoms with E-state index in [1.807, 2.05) is 26.0 Å². The van der Waals surface area contributed by atoms with Gasteiger partial charge in [0, 0.05) is 18.4 Å². The summed E-state index contributed by atoms with van der Waals surface area (Å²) in [6.45, 7) is 11.0. The van der Waals surface area contributed by atoms with E-state index in [1.165, 1.54) is 11.1 Å². The summed E-state index contributed by atoms with van der Waals surface area (Å²) in [7, 11) is 0. The number of nitrogens with zero attached hydrogens (tertiary/aromatic N) is 3. The Morgan fingerprint density at radius 2 is 1.97 bits per heavy atom. The number of halogens is 1. The Hall–Kier alpha value is -2.22. The highest BCUT2D eigenvalue weighted by Crippen LogP contribution is 2.61. The fourth-order valence-corrected chi connectivity index (χ4v) is 6.20. The zero-order chi connectivity index (χ0) is 23.9. The number of aromatic nitrogens is 3. The fraction of sp³-hybridized carbons (Fsp3) is 0.600. The van der Waals surface area contributed by atoms with E-state index in [-0.39, 0.29) is 30.0 Å². The van der Waals surface area contributed by atoms with Crippen molar-refractivity contribution in [1.82, 2.24) is 20.1 Å². The summed E-state index contributed by atoms with van der Waals surface area (Å²) in [6.07, 6.45) is 7.49. The predicted molar refractivity (Wildman–Crippen MR) is 133 cm³/mol. The molecule has 2 bridgehead atoms. The first-order valence-corrected chi connectivity index (χ1v) is 12.6. The third-order valence-electron chi connectivity index (χ3n) is 8.02. The Labute approximate surface area is 203 Å². The number of pyridine rings is 1. The van der Waals surface area contributed by atoms with Crippen LogP contribution in [0.2, 0.25) is 0 Å². The van der Waals surface area contributed by atoms with Gasteiger partial charge in [0.15, 0.2) is 0 Å². The first-order chi connectivity index (χ1) is 15.6. The predicted octanol–water partition coefficient (Wildman–Crippen LogP) is 4.40. The van der Waals surface area contributed by atoms with E-state index < -0.39 is 0 Å². The van der Waals surface area contributed by atoms with E-state index in [1.54, 1.807) is 18.6 Å². The Bertz CT molecular complexity index is 1070. The molecule has 3 aliphatic rings. The molecular weight excluding hydrogens is 482 g/mol. The number of hydrogen-bond donors (Lipinski definition) is 2. The van der Waals surface area contributed by atoms with Gasteiger partial charge in [0.05, 0.1) is 17.9 Å². The molecule has 0 aromatic carbocycles. The Balaban J connectivity index is 1.43. The number of fused-ring (bicyclic) bond motifs is 2. The monoisotopic (exact) mass is 515 g/mol. The van der Waals surface area contributed by atoms with Gasteiger partial charge in [0.2, 0.25) is 5.91 Å². The lowest BCUT2D eigenvalue weighted by Gasteiger charge is -2.62. The molecule has 0 radical (unpaired) electrons. The molecule has 0 spiro atoms. The van der Waals surface area contributed by atoms with Gasteiger partial charge in [-0.3, -0.25) is 14.6 Å². The summed E-state index contributed by atoms with van der Waals surface area (Å²) in [5.41, 5.74) is 1.78. The standard InChI is InChI=1S/C25H34BrN5O2/c1-14(2)23(16-6-8-27-9-7-16)30-21(32)13-31-24(33)22(26)20(12-28-31)29-19-11-17-10-18(15(19)3)25(17,4)5/h6-9,12,14-15,17-19,23,29H,10-11,13H2,1-5H3,(H,30,32)/t15-,17+,18-,19-,23?/m1/s1. The van der Waals surface area contributed by atoms with Gasteiger partial charge in [0.25, 0.3) is 5.56 Å². The van der Waals surface area contributed by atoms with Crippen LogP contribution >= 0.6 is 15.9 Å². The summed E-state index contributed by atoms with van der Waals surface area (Å²) in [4.78, 5) is 29.7. The smallest absolute Gasteiger partial charge is 0.283 e. The van der Waals surface area contributed by atoms with Crippen molar-refractivity contribution in [3.05, 3.63) is 51.1 Å². The summed E-state index contributed by atoms with van der Waals surface area (Å²) in [5.74, 6) is 1.90. The maximum atomic E-state index is 12.9. The van der Waals surface area contributed by atoms with Gasteiger partial charge in [0.1, 0.15) is 11.0 Å². The molecular formula is C25H34BrN5O2. The molecule has 1 unspecified atom stereocenters. The minimum Gasteiger partial charge on any atom is -0.380 e. The van der Waals surface area contributed by atoms with Crippen LogP contribution in [0.25, 0.3) is 0 Å². The maximum Gasteiger partial charge on any atom is 0.283 e. The lowest BCUT2D eigenvalue weighted by Crippen LogP contribution is -2.58. The van der Waals surface area contributed by atoms with Gasteiger partial charge in [-0.2, -0.15) is 5.10 Å². The molecule has 178 valence electrons. The molecule has 33 heavy (non-hydrogen) atoms. The first kappa shape index (κ1) is 23.9. The van der Waals surface area contributed by atoms with Crippen LogP contribution in [0.1, 0.15) is 59.1 Å². The average Bonchev–Trinajstić information content (AvgIpc) is 2.78. The highest BCUT2D eigenvalue weighted by atomic mass is 79.9. The number of hydrogen-bond acceptors (Lipinski definition) is 5. The number of carbonyl (C=O) groups excluding carboxylic acids is 1. The molecule has 3 saturated carbocycles. The maximum absolute atomic E-state index is 12.9. The van der Waals surface area contributed by atoms with E-state index >= 15 is 0 Å². The Morgan fingerprint density at radius 3 is 2.58 bits per heavy atom. The van der Waals surface area contributed by atoms with Gasteiger partial charge < -0.3 is 10.6 Å². The molecule has 3 fully saturated rings. The highest BCUT2D eigenvalue weighted by Gasteiger charge is 2.56. The molecule has 7 nitrogen and oxygen atoms in total. The second-order valence-electron chi connectivity index (χ2n) is 10.6. The molecule has 2 N–H and O–H groups in total. The quantitative estimate of drug-likeness (QED) is 0.570. The van der Waals surface area contributed by atoms with Crippen LogP contribution in [0.3, 0.4) is 0 Å². The summed E-state index contributed by atoms with van der Waals surface area (Å²) >= 11 is 3.45. The van der Waals surface area contributed by atoms with Crippen LogP contribution in [-0.2, 0) is 11.3 Å². The zero-order valence-electron chi connectivity index (χ0n) is 20.0. The van der Waals surface area contributed by atoms with E-state index in [4.69, 9.17) is 0 Å². The van der Waals surface area contributed by atoms with Crippen molar-refractivity contribution >= 4 is 27.5 Å². The van der Waals surface area contributed by atoms with Crippen molar-refractivity contribution < 1.29 is 4.79 Å². The molecule has 2 aromatic heterocycles. The molecule has 0 aliphatic heterocycles. The Morgan fingerprint density at radius 1 is 1.27 bits per heavy atom. The van der Waals surface area contributed by atoms with Crippen molar-refractivity contribution in [2.45, 2.75) is 66.1 Å². The lowest BCUT2D eigenvalue weighted by atomic mass is 9.45. The van der Waals surface area contributed by atoms with Crippen molar-refractivity contribution in [3.8, 4) is 0 Å². The van der Waals surface area contributed by atoms with Crippen LogP contribution < -0.4 is 16.2 Å². The van der Waals surface area contributed by atoms with Crippen LogP contribution in [0.15, 0.2) is 40.0 Å². The van der Waals surface area contributed by atoms with Crippen molar-refractivity contribution in [3.63, 3.8) is 0 Å². The summed E-state index contributed by atoms with van der Waals surface area (Å²) in [5, 5.41) is 10.9. The average molecular weight is 516 g/mol. The van der Waals surface area contributed by atoms with Gasteiger partial charge in [-0.15, -0.1) is 0 Å². The second kappa shape index (κ2) is 9.20. The third kappa shape index (κ3) is 4.59. The second-order valence-corrected chi connectivity index (χ2v) is 11.4. The molecule has 8 heteroatoms. The minimum absolute atomic E-state index is 0.135. The van der Waals surface area contributed by atoms with Crippen LogP contribution in [0.5, 0.6) is 0 Å². The number of nitrogens with one attached hydrogen (secondary N) is 2. The molecule has 1 amide bonds. The molecule has 5 rings (SSSR count). The van der Waals surface area contributed by atoms with Gasteiger partial charge in [-0.25, -0.2) is 4.68 Å². The molecule has 3 aliphatic carbocycles. The number of carbonyl (C=O) groups is 1.